The van der Waals surface area contributed by atoms with Crippen LogP contribution in [0.5, 0.6) is 0 Å². The maximum Gasteiger partial charge on any atom is 0.466 e. The first-order valence-electron chi connectivity index (χ1n) is 6.18. The molecule has 10 nitrogen and oxygen atoms in total. The summed E-state index contributed by atoms with van der Waals surface area (Å²) in [5.41, 5.74) is 0.313. The lowest BCUT2D eigenvalue weighted by Gasteiger charge is -1.94. The lowest BCUT2D eigenvalue weighted by atomic mass is 10.2. The number of aliphatic hydroxyl groups is 2. The number of carboxylic acid groups (broad SMARTS) is 2. The van der Waals surface area contributed by atoms with E-state index in [4.69, 9.17) is 39.7 Å². The summed E-state index contributed by atoms with van der Waals surface area (Å²) < 4.78 is 8.88. The molecule has 0 heterocycles. The molecule has 0 bridgehead atoms. The van der Waals surface area contributed by atoms with E-state index in [0.717, 1.165) is 0 Å². The molecule has 23 heavy (non-hydrogen) atoms. The second-order valence-corrected chi connectivity index (χ2v) is 5.01. The predicted octanol–water partition coefficient (Wildman–Crippen LogP) is -0.129. The van der Waals surface area contributed by atoms with Gasteiger partial charge in [-0.1, -0.05) is 13.2 Å². The quantitative estimate of drug-likeness (QED) is 0.227. The fourth-order valence-electron chi connectivity index (χ4n) is 0.799. The Morgan fingerprint density at radius 3 is 1.13 bits per heavy atom. The summed E-state index contributed by atoms with van der Waals surface area (Å²) in [5, 5.41) is 33.0. The van der Waals surface area contributed by atoms with Gasteiger partial charge < -0.3 is 35.1 Å². The van der Waals surface area contributed by atoms with Crippen molar-refractivity contribution in [2.45, 2.75) is 25.7 Å². The van der Waals surface area contributed by atoms with Gasteiger partial charge in [0.1, 0.15) is 0 Å². The van der Waals surface area contributed by atoms with E-state index in [-0.39, 0.29) is 24.4 Å². The standard InChI is InChI=1S/2C6H10O3.H3O4P/c2*1-5(6(8)9)3-2-4-7;1-5(2,3)4/h2*7H,1-4H2,(H,8,9);(H3,1,2,3,4). The zero-order chi connectivity index (χ0) is 19.1. The van der Waals surface area contributed by atoms with Crippen molar-refractivity contribution in [3.05, 3.63) is 24.3 Å². The Morgan fingerprint density at radius 2 is 1.00 bits per heavy atom. The van der Waals surface area contributed by atoms with E-state index >= 15 is 0 Å². The van der Waals surface area contributed by atoms with Gasteiger partial charge in [0, 0.05) is 24.4 Å². The average molecular weight is 358 g/mol. The highest BCUT2D eigenvalue weighted by atomic mass is 31.2. The molecule has 0 radical (unpaired) electrons. The van der Waals surface area contributed by atoms with Gasteiger partial charge >= 0.3 is 19.8 Å². The van der Waals surface area contributed by atoms with Gasteiger partial charge in [-0.2, -0.15) is 0 Å². The summed E-state index contributed by atoms with van der Waals surface area (Å²) in [6, 6.07) is 0. The Kier molecular flexibility index (Phi) is 17.6. The van der Waals surface area contributed by atoms with Crippen LogP contribution < -0.4 is 0 Å². The Bertz CT molecular complexity index is 387. The van der Waals surface area contributed by atoms with Crippen LogP contribution >= 0.6 is 7.82 Å². The Morgan fingerprint density at radius 1 is 0.783 bits per heavy atom. The first-order chi connectivity index (χ1) is 10.4. The second-order valence-electron chi connectivity index (χ2n) is 3.99. The summed E-state index contributed by atoms with van der Waals surface area (Å²) in [6.07, 6.45) is 1.69. The molecule has 0 rings (SSSR count). The second kappa shape index (κ2) is 15.3. The monoisotopic (exact) mass is 358 g/mol. The molecular formula is C12H23O10P. The van der Waals surface area contributed by atoms with Crippen LogP contribution in [0.3, 0.4) is 0 Å². The van der Waals surface area contributed by atoms with E-state index in [0.29, 0.717) is 25.7 Å². The molecule has 136 valence electrons. The van der Waals surface area contributed by atoms with Crippen molar-refractivity contribution in [1.29, 1.82) is 0 Å². The van der Waals surface area contributed by atoms with E-state index in [1.807, 2.05) is 0 Å². The normalized spacial score (nSPS) is 9.61. The largest absolute Gasteiger partial charge is 0.478 e. The zero-order valence-electron chi connectivity index (χ0n) is 12.5. The molecule has 0 aliphatic heterocycles. The highest BCUT2D eigenvalue weighted by Crippen LogP contribution is 2.25. The van der Waals surface area contributed by atoms with Gasteiger partial charge in [-0.25, -0.2) is 14.2 Å². The summed E-state index contributed by atoms with van der Waals surface area (Å²) >= 11 is 0. The van der Waals surface area contributed by atoms with Crippen LogP contribution in [0, 0.1) is 0 Å². The highest BCUT2D eigenvalue weighted by Gasteiger charge is 2.01. The summed E-state index contributed by atoms with van der Waals surface area (Å²) in [5.74, 6) is -1.97. The molecule has 0 unspecified atom stereocenters. The van der Waals surface area contributed by atoms with E-state index in [1.165, 1.54) is 0 Å². The van der Waals surface area contributed by atoms with E-state index in [9.17, 15) is 9.59 Å². The van der Waals surface area contributed by atoms with E-state index < -0.39 is 19.8 Å². The van der Waals surface area contributed by atoms with Crippen LogP contribution in [0.15, 0.2) is 24.3 Å². The molecule has 11 heteroatoms. The molecule has 0 amide bonds. The molecule has 0 atom stereocenters. The molecule has 0 aliphatic rings. The van der Waals surface area contributed by atoms with Crippen molar-refractivity contribution in [1.82, 2.24) is 0 Å². The topological polar surface area (TPSA) is 193 Å². The number of rotatable bonds is 8. The highest BCUT2D eigenvalue weighted by molar-refractivity contribution is 7.45. The third-order valence-corrected chi connectivity index (χ3v) is 1.88. The smallest absolute Gasteiger partial charge is 0.466 e. The lowest BCUT2D eigenvalue weighted by Crippen LogP contribution is -1.99. The van der Waals surface area contributed by atoms with Crippen molar-refractivity contribution in [3.63, 3.8) is 0 Å². The molecular weight excluding hydrogens is 335 g/mol. The molecule has 0 aromatic rings. The average Bonchev–Trinajstić information content (AvgIpc) is 2.40. The van der Waals surface area contributed by atoms with Crippen LogP contribution in [0.25, 0.3) is 0 Å². The molecule has 7 N–H and O–H groups in total. The fraction of sp³-hybridized carbons (Fsp3) is 0.500. The Hall–Kier alpha value is -1.55. The first-order valence-corrected chi connectivity index (χ1v) is 7.75. The molecule has 0 spiro atoms. The van der Waals surface area contributed by atoms with Gasteiger partial charge in [-0.05, 0) is 25.7 Å². The molecule has 0 saturated heterocycles. The summed E-state index contributed by atoms with van der Waals surface area (Å²) in [7, 11) is -4.64. The van der Waals surface area contributed by atoms with Crippen molar-refractivity contribution >= 4 is 19.8 Å². The van der Waals surface area contributed by atoms with Crippen molar-refractivity contribution in [2.24, 2.45) is 0 Å². The minimum absolute atomic E-state index is 0.0201. The van der Waals surface area contributed by atoms with Crippen molar-refractivity contribution in [3.8, 4) is 0 Å². The molecule has 0 aliphatic carbocycles. The SMILES string of the molecule is C=C(CCCO)C(=O)O.C=C(CCCO)C(=O)O.O=P(O)(O)O. The molecule has 0 aromatic heterocycles. The first kappa shape index (κ1) is 26.4. The number of aliphatic carboxylic acids is 2. The predicted molar refractivity (Wildman–Crippen MR) is 80.5 cm³/mol. The van der Waals surface area contributed by atoms with E-state index in [2.05, 4.69) is 13.2 Å². The van der Waals surface area contributed by atoms with Gasteiger partial charge in [0.05, 0.1) is 0 Å². The maximum atomic E-state index is 10.0. The van der Waals surface area contributed by atoms with Crippen molar-refractivity contribution < 1.29 is 49.3 Å². The van der Waals surface area contributed by atoms with Gasteiger partial charge in [-0.3, -0.25) is 0 Å². The lowest BCUT2D eigenvalue weighted by molar-refractivity contribution is -0.133. The van der Waals surface area contributed by atoms with Crippen LogP contribution in [0.1, 0.15) is 25.7 Å². The minimum Gasteiger partial charge on any atom is -0.478 e. The summed E-state index contributed by atoms with van der Waals surface area (Å²) in [6.45, 7) is 6.60. The van der Waals surface area contributed by atoms with Gasteiger partial charge in [-0.15, -0.1) is 0 Å². The Balaban J connectivity index is -0.000000273. The zero-order valence-corrected chi connectivity index (χ0v) is 13.4. The molecule has 0 fully saturated rings. The number of phosphoric acid groups is 1. The van der Waals surface area contributed by atoms with Gasteiger partial charge in [0.15, 0.2) is 0 Å². The van der Waals surface area contributed by atoms with Crippen LogP contribution in [-0.2, 0) is 14.2 Å². The number of hydrogen-bond donors (Lipinski definition) is 7. The number of carbonyl (C=O) groups is 2. The van der Waals surface area contributed by atoms with E-state index in [1.54, 1.807) is 0 Å². The number of carboxylic acids is 2. The minimum atomic E-state index is -4.64. The Labute approximate surface area is 133 Å². The van der Waals surface area contributed by atoms with Gasteiger partial charge in [0.25, 0.3) is 0 Å². The number of hydrogen-bond acceptors (Lipinski definition) is 5. The van der Waals surface area contributed by atoms with Crippen molar-refractivity contribution in [2.75, 3.05) is 13.2 Å². The molecule has 0 aromatic carbocycles. The number of aliphatic hydroxyl groups excluding tert-OH is 2. The third-order valence-electron chi connectivity index (χ3n) is 1.88. The van der Waals surface area contributed by atoms with Crippen LogP contribution in [0.4, 0.5) is 0 Å². The molecule has 0 saturated carbocycles. The fourth-order valence-corrected chi connectivity index (χ4v) is 0.799. The summed E-state index contributed by atoms with van der Waals surface area (Å²) in [4.78, 5) is 41.6. The maximum absolute atomic E-state index is 10.0. The van der Waals surface area contributed by atoms with Crippen LogP contribution in [-0.4, -0.2) is 60.3 Å². The van der Waals surface area contributed by atoms with Gasteiger partial charge in [0.2, 0.25) is 0 Å². The van der Waals surface area contributed by atoms with Crippen LogP contribution in [0.2, 0.25) is 0 Å². The third kappa shape index (κ3) is 33.3.